The minimum atomic E-state index is -0.0497. The molecule has 0 saturated heterocycles. The van der Waals surface area contributed by atoms with Gasteiger partial charge in [-0.25, -0.2) is 9.97 Å². The number of hydrogen-bond acceptors (Lipinski definition) is 5. The Morgan fingerprint density at radius 2 is 1.80 bits per heavy atom. The number of ether oxygens (including phenoxy) is 2. The summed E-state index contributed by atoms with van der Waals surface area (Å²) < 4.78 is 10.6. The monoisotopic (exact) mass is 281 g/mol. The lowest BCUT2D eigenvalue weighted by Crippen LogP contribution is -2.22. The molecule has 114 valence electrons. The van der Waals surface area contributed by atoms with Gasteiger partial charge in [0.2, 0.25) is 0 Å². The van der Waals surface area contributed by atoms with Gasteiger partial charge in [-0.3, -0.25) is 0 Å². The molecule has 5 heteroatoms. The van der Waals surface area contributed by atoms with Crippen LogP contribution in [-0.2, 0) is 15.9 Å². The molecule has 0 aliphatic rings. The van der Waals surface area contributed by atoms with Crippen LogP contribution < -0.4 is 5.32 Å². The highest BCUT2D eigenvalue weighted by molar-refractivity contribution is 5.25. The fraction of sp³-hybridized carbons (Fsp3) is 0.733. The molecule has 20 heavy (non-hydrogen) atoms. The normalized spacial score (nSPS) is 12.7. The van der Waals surface area contributed by atoms with Crippen LogP contribution in [0.4, 0.5) is 0 Å². The average Bonchev–Trinajstić information content (AvgIpc) is 2.41. The summed E-state index contributed by atoms with van der Waals surface area (Å²) in [6.45, 7) is 11.2. The molecule has 0 amide bonds. The highest BCUT2D eigenvalue weighted by Gasteiger charge is 2.13. The third-order valence-electron chi connectivity index (χ3n) is 3.25. The lowest BCUT2D eigenvalue weighted by atomic mass is 10.1. The molecule has 1 unspecified atom stereocenters. The highest BCUT2D eigenvalue weighted by Crippen LogP contribution is 2.17. The van der Waals surface area contributed by atoms with E-state index in [2.05, 4.69) is 15.3 Å². The number of methoxy groups -OCH3 is 1. The fourth-order valence-corrected chi connectivity index (χ4v) is 2.15. The van der Waals surface area contributed by atoms with Gasteiger partial charge >= 0.3 is 0 Å². The topological polar surface area (TPSA) is 56.3 Å². The fourth-order valence-electron chi connectivity index (χ4n) is 2.15. The van der Waals surface area contributed by atoms with Crippen LogP contribution in [0.2, 0.25) is 0 Å². The van der Waals surface area contributed by atoms with Crippen LogP contribution in [0.3, 0.4) is 0 Å². The van der Waals surface area contributed by atoms with Crippen molar-refractivity contribution in [3.8, 4) is 0 Å². The van der Waals surface area contributed by atoms with Gasteiger partial charge < -0.3 is 14.8 Å². The van der Waals surface area contributed by atoms with Crippen LogP contribution >= 0.6 is 0 Å². The SMILES string of the molecule is CCOC(C)c1nc(C)c(CCNCCOC)c(C)n1. The summed E-state index contributed by atoms with van der Waals surface area (Å²) in [5.74, 6) is 0.776. The molecule has 1 rings (SSSR count). The summed E-state index contributed by atoms with van der Waals surface area (Å²) in [6, 6.07) is 0. The van der Waals surface area contributed by atoms with Crippen molar-refractivity contribution in [1.29, 1.82) is 0 Å². The number of hydrogen-bond donors (Lipinski definition) is 1. The first-order chi connectivity index (χ1) is 9.60. The highest BCUT2D eigenvalue weighted by atomic mass is 16.5. The van der Waals surface area contributed by atoms with Crippen molar-refractivity contribution in [2.24, 2.45) is 0 Å². The van der Waals surface area contributed by atoms with Crippen molar-refractivity contribution in [1.82, 2.24) is 15.3 Å². The Balaban J connectivity index is 2.64. The van der Waals surface area contributed by atoms with Crippen LogP contribution in [0.25, 0.3) is 0 Å². The minimum Gasteiger partial charge on any atom is -0.383 e. The third kappa shape index (κ3) is 5.15. The first kappa shape index (κ1) is 17.0. The third-order valence-corrected chi connectivity index (χ3v) is 3.25. The maximum absolute atomic E-state index is 5.55. The van der Waals surface area contributed by atoms with Crippen LogP contribution in [-0.4, -0.2) is 43.4 Å². The zero-order valence-electron chi connectivity index (χ0n) is 13.3. The quantitative estimate of drug-likeness (QED) is 0.701. The van der Waals surface area contributed by atoms with Crippen molar-refractivity contribution in [2.75, 3.05) is 33.4 Å². The van der Waals surface area contributed by atoms with Crippen molar-refractivity contribution in [3.63, 3.8) is 0 Å². The van der Waals surface area contributed by atoms with Gasteiger partial charge in [0, 0.05) is 31.6 Å². The Morgan fingerprint density at radius 1 is 1.15 bits per heavy atom. The van der Waals surface area contributed by atoms with E-state index in [-0.39, 0.29) is 6.10 Å². The Morgan fingerprint density at radius 3 is 2.35 bits per heavy atom. The summed E-state index contributed by atoms with van der Waals surface area (Å²) >= 11 is 0. The first-order valence-corrected chi connectivity index (χ1v) is 7.25. The molecule has 5 nitrogen and oxygen atoms in total. The van der Waals surface area contributed by atoms with E-state index in [0.717, 1.165) is 43.3 Å². The zero-order valence-corrected chi connectivity index (χ0v) is 13.3. The van der Waals surface area contributed by atoms with Gasteiger partial charge in [-0.05, 0) is 46.2 Å². The van der Waals surface area contributed by atoms with Gasteiger partial charge in [0.05, 0.1) is 6.61 Å². The molecular weight excluding hydrogens is 254 g/mol. The maximum atomic E-state index is 5.55. The van der Waals surface area contributed by atoms with Crippen LogP contribution in [0.5, 0.6) is 0 Å². The van der Waals surface area contributed by atoms with Gasteiger partial charge in [0.15, 0.2) is 5.82 Å². The molecule has 1 N–H and O–H groups in total. The molecule has 0 aliphatic carbocycles. The molecule has 0 radical (unpaired) electrons. The van der Waals surface area contributed by atoms with Gasteiger partial charge in [-0.15, -0.1) is 0 Å². The molecule has 0 saturated carbocycles. The molecule has 1 atom stereocenters. The van der Waals surface area contributed by atoms with Crippen molar-refractivity contribution in [3.05, 3.63) is 22.8 Å². The summed E-state index contributed by atoms with van der Waals surface area (Å²) in [7, 11) is 1.71. The Bertz CT molecular complexity index is 387. The van der Waals surface area contributed by atoms with Crippen molar-refractivity contribution < 1.29 is 9.47 Å². The number of nitrogens with zero attached hydrogens (tertiary/aromatic N) is 2. The number of aryl methyl sites for hydroxylation is 2. The standard InChI is InChI=1S/C15H27N3O2/c1-6-20-13(4)15-17-11(2)14(12(3)18-15)7-8-16-9-10-19-5/h13,16H,6-10H2,1-5H3. The van der Waals surface area contributed by atoms with Crippen LogP contribution in [0, 0.1) is 13.8 Å². The van der Waals surface area contributed by atoms with Crippen molar-refractivity contribution in [2.45, 2.75) is 40.2 Å². The summed E-state index contributed by atoms with van der Waals surface area (Å²) in [6.07, 6.45) is 0.885. The Labute approximate surface area is 122 Å². The molecule has 0 aliphatic heterocycles. The largest absolute Gasteiger partial charge is 0.383 e. The second-order valence-corrected chi connectivity index (χ2v) is 4.82. The summed E-state index contributed by atoms with van der Waals surface area (Å²) in [4.78, 5) is 9.16. The number of rotatable bonds is 9. The second-order valence-electron chi connectivity index (χ2n) is 4.82. The Kier molecular flexibility index (Phi) is 7.65. The lowest BCUT2D eigenvalue weighted by Gasteiger charge is -2.15. The number of nitrogens with one attached hydrogen (secondary N) is 1. The molecule has 0 aromatic carbocycles. The van der Waals surface area contributed by atoms with E-state index >= 15 is 0 Å². The van der Waals surface area contributed by atoms with E-state index in [1.807, 2.05) is 27.7 Å². The average molecular weight is 281 g/mol. The van der Waals surface area contributed by atoms with Crippen molar-refractivity contribution >= 4 is 0 Å². The van der Waals surface area contributed by atoms with Crippen LogP contribution in [0.15, 0.2) is 0 Å². The van der Waals surface area contributed by atoms with E-state index in [1.165, 1.54) is 5.56 Å². The molecule has 0 bridgehead atoms. The molecule has 0 spiro atoms. The molecule has 1 aromatic rings. The lowest BCUT2D eigenvalue weighted by molar-refractivity contribution is 0.0697. The van der Waals surface area contributed by atoms with E-state index < -0.39 is 0 Å². The minimum absolute atomic E-state index is 0.0497. The second kappa shape index (κ2) is 9.00. The first-order valence-electron chi connectivity index (χ1n) is 7.25. The van der Waals surface area contributed by atoms with E-state index in [9.17, 15) is 0 Å². The number of aromatic nitrogens is 2. The molecular formula is C15H27N3O2. The van der Waals surface area contributed by atoms with Gasteiger partial charge in [0.1, 0.15) is 6.10 Å². The van der Waals surface area contributed by atoms with Crippen LogP contribution in [0.1, 0.15) is 42.7 Å². The van der Waals surface area contributed by atoms with E-state index in [0.29, 0.717) is 6.61 Å². The molecule has 0 fully saturated rings. The van der Waals surface area contributed by atoms with Gasteiger partial charge in [0.25, 0.3) is 0 Å². The maximum Gasteiger partial charge on any atom is 0.157 e. The Hall–Kier alpha value is -1.04. The molecule has 1 heterocycles. The molecule has 1 aromatic heterocycles. The summed E-state index contributed by atoms with van der Waals surface area (Å²) in [5, 5.41) is 3.34. The predicted molar refractivity (Wildman–Crippen MR) is 80.0 cm³/mol. The van der Waals surface area contributed by atoms with E-state index in [4.69, 9.17) is 9.47 Å². The van der Waals surface area contributed by atoms with E-state index in [1.54, 1.807) is 7.11 Å². The smallest absolute Gasteiger partial charge is 0.157 e. The zero-order chi connectivity index (χ0) is 15.0. The van der Waals surface area contributed by atoms with Gasteiger partial charge in [-0.2, -0.15) is 0 Å². The van der Waals surface area contributed by atoms with Gasteiger partial charge in [-0.1, -0.05) is 0 Å². The predicted octanol–water partition coefficient (Wildman–Crippen LogP) is 1.97. The summed E-state index contributed by atoms with van der Waals surface area (Å²) in [5.41, 5.74) is 3.32.